The normalized spacial score (nSPS) is 25.5. The van der Waals surface area contributed by atoms with Crippen LogP contribution in [0.25, 0.3) is 0 Å². The van der Waals surface area contributed by atoms with Gasteiger partial charge in [0.25, 0.3) is 5.56 Å². The zero-order valence-corrected chi connectivity index (χ0v) is 18.4. The van der Waals surface area contributed by atoms with Crippen molar-refractivity contribution in [1.82, 2.24) is 9.55 Å². The van der Waals surface area contributed by atoms with E-state index < -0.39 is 84.3 Å². The number of aromatic amines is 1. The van der Waals surface area contributed by atoms with Gasteiger partial charge in [0, 0.05) is 12.6 Å². The second-order valence-corrected chi connectivity index (χ2v) is 10.9. The number of aromatic nitrogens is 2. The lowest BCUT2D eigenvalue weighted by atomic mass is 10.1. The van der Waals surface area contributed by atoms with E-state index in [2.05, 4.69) is 13.1 Å². The number of hydrogen-bond acceptors (Lipinski definition) is 10. The van der Waals surface area contributed by atoms with Gasteiger partial charge in [-0.2, -0.15) is 21.8 Å². The molecule has 2 rings (SSSR count). The molecule has 0 radical (unpaired) electrons. The zero-order chi connectivity index (χ0) is 25.4. The Hall–Kier alpha value is -1.20. The molecule has 6 N–H and O–H groups in total. The molecule has 5 atom stereocenters. The van der Waals surface area contributed by atoms with Crippen molar-refractivity contribution in [1.29, 1.82) is 0 Å². The van der Waals surface area contributed by atoms with Crippen LogP contribution in [0.15, 0.2) is 15.8 Å². The van der Waals surface area contributed by atoms with Crippen LogP contribution in [0.3, 0.4) is 0 Å². The van der Waals surface area contributed by atoms with E-state index in [9.17, 15) is 46.5 Å². The molecule has 0 aliphatic carbocycles. The molecule has 1 aliphatic heterocycles. The van der Waals surface area contributed by atoms with Crippen molar-refractivity contribution >= 4 is 23.5 Å². The Balaban J connectivity index is 2.10. The number of phosphoric acid groups is 3. The number of hydrogen-bond donors (Lipinski definition) is 6. The summed E-state index contributed by atoms with van der Waals surface area (Å²) in [5, 5.41) is 9.99. The molecule has 2 heterocycles. The Kier molecular flexibility index (Phi) is 8.34. The van der Waals surface area contributed by atoms with Crippen molar-refractivity contribution in [3.8, 4) is 0 Å². The fraction of sp³-hybridized carbons (Fsp3) is 0.636. The largest absolute Gasteiger partial charge is 0.490 e. The molecule has 0 bridgehead atoms. The molecule has 0 amide bonds. The predicted octanol–water partition coefficient (Wildman–Crippen LogP) is -0.367. The molecule has 1 fully saturated rings. The number of halogens is 3. The third-order valence-electron chi connectivity index (χ3n) is 3.78. The van der Waals surface area contributed by atoms with Gasteiger partial charge in [-0.25, -0.2) is 18.5 Å². The quantitative estimate of drug-likeness (QED) is 0.215. The van der Waals surface area contributed by atoms with Crippen LogP contribution in [0, 0.1) is 0 Å². The Labute approximate surface area is 180 Å². The van der Waals surface area contributed by atoms with Crippen LogP contribution in [0.1, 0.15) is 18.1 Å². The summed E-state index contributed by atoms with van der Waals surface area (Å²) in [5.74, 6) is 0. The van der Waals surface area contributed by atoms with Crippen molar-refractivity contribution < 1.29 is 69.4 Å². The zero-order valence-electron chi connectivity index (χ0n) is 15.8. The molecule has 0 aromatic carbocycles. The fourth-order valence-corrected chi connectivity index (χ4v) is 5.65. The lowest BCUT2D eigenvalue weighted by Crippen LogP contribution is -2.36. The summed E-state index contributed by atoms with van der Waals surface area (Å²) in [5.41, 5.74) is -2.97. The molecule has 1 aromatic heterocycles. The number of H-pyrrole nitrogens is 1. The Morgan fingerprint density at radius 1 is 1.12 bits per heavy atom. The van der Waals surface area contributed by atoms with Gasteiger partial charge in [0.05, 0.1) is 24.4 Å². The van der Waals surface area contributed by atoms with Crippen LogP contribution < -0.4 is 11.2 Å². The molecular weight excluding hydrogens is 534 g/mol. The summed E-state index contributed by atoms with van der Waals surface area (Å²) in [4.78, 5) is 60.5. The number of rotatable bonds is 9. The van der Waals surface area contributed by atoms with Gasteiger partial charge in [0.15, 0.2) is 0 Å². The minimum absolute atomic E-state index is 0.145. The van der Waals surface area contributed by atoms with Gasteiger partial charge in [-0.15, -0.1) is 0 Å². The van der Waals surface area contributed by atoms with Gasteiger partial charge < -0.3 is 29.4 Å². The Bertz CT molecular complexity index is 1130. The summed E-state index contributed by atoms with van der Waals surface area (Å²) in [6.07, 6.45) is -9.12. The van der Waals surface area contributed by atoms with E-state index >= 15 is 0 Å². The maximum absolute atomic E-state index is 12.6. The highest BCUT2D eigenvalue weighted by Gasteiger charge is 2.43. The van der Waals surface area contributed by atoms with E-state index in [-0.39, 0.29) is 4.57 Å². The summed E-state index contributed by atoms with van der Waals surface area (Å²) in [7, 11) is -16.9. The monoisotopic (exact) mass is 550 g/mol. The van der Waals surface area contributed by atoms with Gasteiger partial charge in [0.1, 0.15) is 12.6 Å². The van der Waals surface area contributed by atoms with E-state index in [1.165, 1.54) is 0 Å². The second-order valence-electron chi connectivity index (χ2n) is 6.44. The first-order valence-electron chi connectivity index (χ1n) is 8.29. The molecule has 1 aliphatic rings. The highest BCUT2D eigenvalue weighted by atomic mass is 31.3. The van der Waals surface area contributed by atoms with Crippen molar-refractivity contribution in [2.45, 2.75) is 37.5 Å². The fourth-order valence-electron chi connectivity index (χ4n) is 2.62. The predicted molar refractivity (Wildman–Crippen MR) is 95.4 cm³/mol. The molecule has 0 saturated carbocycles. The van der Waals surface area contributed by atoms with Crippen molar-refractivity contribution in [2.24, 2.45) is 0 Å². The lowest BCUT2D eigenvalue weighted by molar-refractivity contribution is -0.141. The van der Waals surface area contributed by atoms with Crippen LogP contribution >= 0.6 is 23.5 Å². The van der Waals surface area contributed by atoms with Crippen molar-refractivity contribution in [2.75, 3.05) is 6.61 Å². The van der Waals surface area contributed by atoms with Crippen LogP contribution in [0.5, 0.6) is 0 Å². The smallest absolute Gasteiger partial charge is 0.390 e. The van der Waals surface area contributed by atoms with E-state index in [1.54, 1.807) is 4.98 Å². The Morgan fingerprint density at radius 3 is 2.27 bits per heavy atom. The van der Waals surface area contributed by atoms with Gasteiger partial charge in [-0.1, -0.05) is 0 Å². The maximum Gasteiger partial charge on any atom is 0.490 e. The van der Waals surface area contributed by atoms with Crippen LogP contribution in [0.4, 0.5) is 13.2 Å². The summed E-state index contributed by atoms with van der Waals surface area (Å²) >= 11 is 0. The van der Waals surface area contributed by atoms with Crippen LogP contribution in [-0.4, -0.2) is 59.2 Å². The number of aliphatic hydroxyl groups is 1. The first kappa shape index (κ1) is 28.0. The number of alkyl halides is 3. The SMILES string of the molecule is O=c1[nH]c(=O)n(CC(F)(F)F)cc1[C@H]1C[C@@H](O)[C@@H](COP(=O)(O)OP(=O)(O)OP(=O)(O)O)O1. The molecular formula is C11H16F3N2O14P3. The Morgan fingerprint density at radius 2 is 1.73 bits per heavy atom. The standard InChI is InChI=1S/C11H16F3N2O14P3/c12-11(13,14)4-16-2-5(9(18)15-10(16)19)7-1-6(17)8(28-7)3-27-32(23,24)30-33(25,26)29-31(20,21)22/h2,6-8,17H,1,3-4H2,(H,23,24)(H,25,26)(H,15,18,19)(H2,20,21,22)/t6-,7-,8-/m1/s1. The molecule has 1 aromatic rings. The van der Waals surface area contributed by atoms with Gasteiger partial charge in [-0.3, -0.25) is 18.9 Å². The molecule has 16 nitrogen and oxygen atoms in total. The average Bonchev–Trinajstić information content (AvgIpc) is 2.91. The topological polar surface area (TPSA) is 244 Å². The first-order valence-corrected chi connectivity index (χ1v) is 12.8. The number of nitrogens with one attached hydrogen (secondary N) is 1. The van der Waals surface area contributed by atoms with E-state index in [0.29, 0.717) is 6.20 Å². The lowest BCUT2D eigenvalue weighted by Gasteiger charge is -2.19. The first-order chi connectivity index (χ1) is 14.8. The second kappa shape index (κ2) is 9.81. The minimum Gasteiger partial charge on any atom is -0.390 e. The van der Waals surface area contributed by atoms with Crippen molar-refractivity contribution in [3.63, 3.8) is 0 Å². The minimum atomic E-state index is -5.78. The van der Waals surface area contributed by atoms with E-state index in [4.69, 9.17) is 19.4 Å². The summed E-state index contributed by atoms with van der Waals surface area (Å²) in [6, 6.07) is 0. The number of nitrogens with zero attached hydrogens (tertiary/aromatic N) is 1. The third-order valence-corrected chi connectivity index (χ3v) is 7.58. The van der Waals surface area contributed by atoms with Gasteiger partial charge in [-0.05, 0) is 0 Å². The van der Waals surface area contributed by atoms with E-state index in [1.807, 2.05) is 0 Å². The highest BCUT2D eigenvalue weighted by Crippen LogP contribution is 2.66. The molecule has 2 unspecified atom stereocenters. The average molecular weight is 550 g/mol. The third kappa shape index (κ3) is 8.83. The summed E-state index contributed by atoms with van der Waals surface area (Å²) < 4.78 is 87.9. The summed E-state index contributed by atoms with van der Waals surface area (Å²) in [6.45, 7) is -2.79. The number of ether oxygens (including phenoxy) is 1. The molecule has 33 heavy (non-hydrogen) atoms. The molecule has 0 spiro atoms. The van der Waals surface area contributed by atoms with Crippen LogP contribution in [-0.2, 0) is 38.1 Å². The molecule has 22 heteroatoms. The van der Waals surface area contributed by atoms with Crippen LogP contribution in [0.2, 0.25) is 0 Å². The maximum atomic E-state index is 12.6. The highest BCUT2D eigenvalue weighted by molar-refractivity contribution is 7.66. The molecule has 190 valence electrons. The van der Waals surface area contributed by atoms with Crippen molar-refractivity contribution in [3.05, 3.63) is 32.6 Å². The number of aliphatic hydroxyl groups excluding tert-OH is 1. The molecule has 1 saturated heterocycles. The van der Waals surface area contributed by atoms with E-state index in [0.717, 1.165) is 0 Å². The number of phosphoric ester groups is 1. The van der Waals surface area contributed by atoms with Gasteiger partial charge in [0.2, 0.25) is 0 Å². The van der Waals surface area contributed by atoms with Gasteiger partial charge >= 0.3 is 35.3 Å².